The van der Waals surface area contributed by atoms with E-state index in [-0.39, 0.29) is 24.0 Å². The second kappa shape index (κ2) is 11.1. The highest BCUT2D eigenvalue weighted by Crippen LogP contribution is 2.09. The first-order valence-corrected chi connectivity index (χ1v) is 8.13. The fourth-order valence-electron chi connectivity index (χ4n) is 2.10. The minimum atomic E-state index is 0. The van der Waals surface area contributed by atoms with Crippen LogP contribution in [0.3, 0.4) is 0 Å². The van der Waals surface area contributed by atoms with Gasteiger partial charge >= 0.3 is 0 Å². The van der Waals surface area contributed by atoms with Gasteiger partial charge in [-0.3, -0.25) is 4.99 Å². The lowest BCUT2D eigenvalue weighted by Crippen LogP contribution is -2.37. The molecule has 2 rings (SSSR count). The number of pyridine rings is 2. The smallest absolute Gasteiger partial charge is 0.191 e. The number of aliphatic imine (C=N–C) groups is 1. The molecule has 0 saturated heterocycles. The van der Waals surface area contributed by atoms with Crippen LogP contribution in [0.1, 0.15) is 11.1 Å². The highest BCUT2D eigenvalue weighted by atomic mass is 127. The average Bonchev–Trinajstić information content (AvgIpc) is 2.59. The van der Waals surface area contributed by atoms with Crippen LogP contribution in [0.5, 0.6) is 0 Å². The summed E-state index contributed by atoms with van der Waals surface area (Å²) in [6.07, 6.45) is 4.46. The Labute approximate surface area is 171 Å². The Morgan fingerprint density at radius 2 is 1.96 bits per heavy atom. The van der Waals surface area contributed by atoms with Crippen LogP contribution in [0.4, 0.5) is 5.82 Å². The van der Waals surface area contributed by atoms with E-state index in [0.29, 0.717) is 11.7 Å². The Morgan fingerprint density at radius 1 is 1.16 bits per heavy atom. The lowest BCUT2D eigenvalue weighted by atomic mass is 10.2. The van der Waals surface area contributed by atoms with Crippen molar-refractivity contribution in [3.8, 4) is 0 Å². The molecule has 25 heavy (non-hydrogen) atoms. The molecule has 2 aromatic heterocycles. The van der Waals surface area contributed by atoms with E-state index in [1.807, 2.05) is 37.3 Å². The van der Waals surface area contributed by atoms with Gasteiger partial charge in [0.15, 0.2) is 5.96 Å². The van der Waals surface area contributed by atoms with Crippen LogP contribution >= 0.6 is 35.6 Å². The van der Waals surface area contributed by atoms with Crippen molar-refractivity contribution >= 4 is 47.4 Å². The predicted octanol–water partition coefficient (Wildman–Crippen LogP) is 2.72. The van der Waals surface area contributed by atoms with Gasteiger partial charge in [0, 0.05) is 46.6 Å². The van der Waals surface area contributed by atoms with E-state index in [9.17, 15) is 0 Å². The van der Waals surface area contributed by atoms with Crippen molar-refractivity contribution in [1.29, 1.82) is 0 Å². The molecular weight excluding hydrogens is 451 g/mol. The molecule has 0 aliphatic heterocycles. The number of halogens is 2. The van der Waals surface area contributed by atoms with Gasteiger partial charge in [-0.1, -0.05) is 17.7 Å². The van der Waals surface area contributed by atoms with E-state index in [4.69, 9.17) is 11.6 Å². The molecule has 2 N–H and O–H groups in total. The van der Waals surface area contributed by atoms with Crippen molar-refractivity contribution in [3.05, 3.63) is 52.9 Å². The van der Waals surface area contributed by atoms with E-state index in [1.165, 1.54) is 0 Å². The molecular formula is C17H24ClIN6. The summed E-state index contributed by atoms with van der Waals surface area (Å²) in [5, 5.41) is 7.11. The molecule has 0 spiro atoms. The lowest BCUT2D eigenvalue weighted by Gasteiger charge is -2.14. The third kappa shape index (κ3) is 7.43. The third-order valence-electron chi connectivity index (χ3n) is 3.45. The van der Waals surface area contributed by atoms with Crippen LogP contribution < -0.4 is 15.5 Å². The quantitative estimate of drug-likeness (QED) is 0.292. The Balaban J connectivity index is 0.00000312. The number of rotatable bonds is 6. The Kier molecular flexibility index (Phi) is 9.51. The number of guanidine groups is 1. The zero-order chi connectivity index (χ0) is 17.4. The van der Waals surface area contributed by atoms with Gasteiger partial charge in [0.05, 0.1) is 0 Å². The minimum absolute atomic E-state index is 0. The van der Waals surface area contributed by atoms with E-state index < -0.39 is 0 Å². The summed E-state index contributed by atoms with van der Waals surface area (Å²) in [7, 11) is 5.72. The maximum Gasteiger partial charge on any atom is 0.191 e. The number of anilines is 1. The molecule has 6 nitrogen and oxygen atoms in total. The summed E-state index contributed by atoms with van der Waals surface area (Å²) >= 11 is 5.79. The second-order valence-corrected chi connectivity index (χ2v) is 5.90. The molecule has 0 aromatic carbocycles. The van der Waals surface area contributed by atoms with Crippen LogP contribution in [0.2, 0.25) is 5.15 Å². The summed E-state index contributed by atoms with van der Waals surface area (Å²) in [6.45, 7) is 1.45. The van der Waals surface area contributed by atoms with Crippen molar-refractivity contribution in [2.75, 3.05) is 32.6 Å². The minimum Gasteiger partial charge on any atom is -0.363 e. The zero-order valence-corrected chi connectivity index (χ0v) is 17.7. The van der Waals surface area contributed by atoms with E-state index in [2.05, 4.69) is 31.7 Å². The van der Waals surface area contributed by atoms with Gasteiger partial charge in [0.25, 0.3) is 0 Å². The fraction of sp³-hybridized carbons (Fsp3) is 0.353. The van der Waals surface area contributed by atoms with Crippen LogP contribution in [0.15, 0.2) is 41.7 Å². The molecule has 0 fully saturated rings. The SMILES string of the molecule is CN=C(NCCc1ccc(Cl)nc1)NCc1ccnc(N(C)C)c1.I. The molecule has 0 unspecified atom stereocenters. The fourth-order valence-corrected chi connectivity index (χ4v) is 2.21. The summed E-state index contributed by atoms with van der Waals surface area (Å²) in [6, 6.07) is 7.83. The topological polar surface area (TPSA) is 65.4 Å². The maximum atomic E-state index is 5.79. The van der Waals surface area contributed by atoms with Crippen molar-refractivity contribution in [1.82, 2.24) is 20.6 Å². The highest BCUT2D eigenvalue weighted by Gasteiger charge is 2.02. The molecule has 0 aliphatic carbocycles. The largest absolute Gasteiger partial charge is 0.363 e. The average molecular weight is 475 g/mol. The maximum absolute atomic E-state index is 5.79. The third-order valence-corrected chi connectivity index (χ3v) is 3.67. The number of nitrogens with one attached hydrogen (secondary N) is 2. The van der Waals surface area contributed by atoms with Crippen LogP contribution in [-0.2, 0) is 13.0 Å². The van der Waals surface area contributed by atoms with Crippen molar-refractivity contribution in [2.45, 2.75) is 13.0 Å². The molecule has 0 saturated carbocycles. The van der Waals surface area contributed by atoms with E-state index >= 15 is 0 Å². The monoisotopic (exact) mass is 474 g/mol. The van der Waals surface area contributed by atoms with E-state index in [1.54, 1.807) is 19.3 Å². The zero-order valence-electron chi connectivity index (χ0n) is 14.7. The van der Waals surface area contributed by atoms with Gasteiger partial charge in [0.1, 0.15) is 11.0 Å². The first-order chi connectivity index (χ1) is 11.6. The van der Waals surface area contributed by atoms with Gasteiger partial charge < -0.3 is 15.5 Å². The number of aromatic nitrogens is 2. The molecule has 0 radical (unpaired) electrons. The molecule has 0 aliphatic rings. The molecule has 136 valence electrons. The Hall–Kier alpha value is -1.61. The van der Waals surface area contributed by atoms with Crippen molar-refractivity contribution in [2.24, 2.45) is 4.99 Å². The van der Waals surface area contributed by atoms with Gasteiger partial charge in [-0.05, 0) is 35.7 Å². The Bertz CT molecular complexity index is 675. The van der Waals surface area contributed by atoms with Gasteiger partial charge in [-0.25, -0.2) is 9.97 Å². The summed E-state index contributed by atoms with van der Waals surface area (Å²) in [5.41, 5.74) is 2.28. The van der Waals surface area contributed by atoms with Gasteiger partial charge in [-0.15, -0.1) is 24.0 Å². The molecule has 0 bridgehead atoms. The summed E-state index contributed by atoms with van der Waals surface area (Å²) in [4.78, 5) is 14.6. The molecule has 2 aromatic rings. The van der Waals surface area contributed by atoms with Crippen molar-refractivity contribution < 1.29 is 0 Å². The summed E-state index contributed by atoms with van der Waals surface area (Å²) in [5.74, 6) is 1.70. The van der Waals surface area contributed by atoms with Crippen LogP contribution in [0, 0.1) is 0 Å². The molecule has 0 amide bonds. The molecule has 8 heteroatoms. The predicted molar refractivity (Wildman–Crippen MR) is 115 cm³/mol. The first-order valence-electron chi connectivity index (χ1n) is 7.75. The highest BCUT2D eigenvalue weighted by molar-refractivity contribution is 14.0. The molecule has 0 atom stereocenters. The lowest BCUT2D eigenvalue weighted by molar-refractivity contribution is 0.792. The number of hydrogen-bond acceptors (Lipinski definition) is 4. The van der Waals surface area contributed by atoms with Gasteiger partial charge in [-0.2, -0.15) is 0 Å². The number of nitrogens with zero attached hydrogens (tertiary/aromatic N) is 4. The number of hydrogen-bond donors (Lipinski definition) is 2. The first kappa shape index (κ1) is 21.4. The standard InChI is InChI=1S/C17H23ClN6.HI/c1-19-17(21-9-6-13-4-5-15(18)22-11-13)23-12-14-7-8-20-16(10-14)24(2)3;/h4-5,7-8,10-11H,6,9,12H2,1-3H3,(H2,19,21,23);1H. The van der Waals surface area contributed by atoms with E-state index in [0.717, 1.165) is 35.9 Å². The van der Waals surface area contributed by atoms with Crippen molar-refractivity contribution in [3.63, 3.8) is 0 Å². The second-order valence-electron chi connectivity index (χ2n) is 5.51. The molecule has 2 heterocycles. The van der Waals surface area contributed by atoms with Crippen LogP contribution in [0.25, 0.3) is 0 Å². The summed E-state index contributed by atoms with van der Waals surface area (Å²) < 4.78 is 0. The normalized spacial score (nSPS) is 10.8. The van der Waals surface area contributed by atoms with Crippen LogP contribution in [-0.4, -0.2) is 43.6 Å². The van der Waals surface area contributed by atoms with Gasteiger partial charge in [0.2, 0.25) is 0 Å². The Morgan fingerprint density at radius 3 is 2.60 bits per heavy atom.